The number of aromatic nitrogens is 2. The van der Waals surface area contributed by atoms with Crippen molar-refractivity contribution in [2.24, 2.45) is 0 Å². The number of amides is 3. The summed E-state index contributed by atoms with van der Waals surface area (Å²) < 4.78 is 7.42. The molecule has 1 aliphatic rings. The smallest absolute Gasteiger partial charge is 0.317 e. The number of aryl methyl sites for hydroxylation is 1. The Hall–Kier alpha value is -2.61. The molecule has 0 radical (unpaired) electrons. The van der Waals surface area contributed by atoms with Gasteiger partial charge in [0, 0.05) is 32.6 Å². The molecule has 3 rings (SSSR count). The van der Waals surface area contributed by atoms with Crippen molar-refractivity contribution >= 4 is 22.8 Å². The summed E-state index contributed by atoms with van der Waals surface area (Å²) >= 11 is 0. The van der Waals surface area contributed by atoms with Crippen LogP contribution in [0, 0.1) is 0 Å². The zero-order chi connectivity index (χ0) is 18.7. The maximum Gasteiger partial charge on any atom is 0.317 e. The van der Waals surface area contributed by atoms with Gasteiger partial charge in [-0.25, -0.2) is 4.79 Å². The molecule has 1 N–H and O–H groups in total. The van der Waals surface area contributed by atoms with Gasteiger partial charge in [0.1, 0.15) is 0 Å². The molecule has 1 aliphatic heterocycles. The fourth-order valence-corrected chi connectivity index (χ4v) is 3.11. The Balaban J connectivity index is 1.65. The van der Waals surface area contributed by atoms with Gasteiger partial charge in [0.15, 0.2) is 6.10 Å². The minimum atomic E-state index is -0.607. The first-order chi connectivity index (χ1) is 12.5. The van der Waals surface area contributed by atoms with E-state index >= 15 is 0 Å². The monoisotopic (exact) mass is 359 g/mol. The van der Waals surface area contributed by atoms with Crippen molar-refractivity contribution in [3.63, 3.8) is 0 Å². The quantitative estimate of drug-likeness (QED) is 0.885. The molecule has 0 spiro atoms. The molecule has 0 bridgehead atoms. The molecular weight excluding hydrogens is 334 g/mol. The van der Waals surface area contributed by atoms with Gasteiger partial charge in [-0.05, 0) is 13.0 Å². The van der Waals surface area contributed by atoms with E-state index in [1.807, 2.05) is 35.9 Å². The van der Waals surface area contributed by atoms with Crippen LogP contribution < -0.4 is 5.32 Å². The van der Waals surface area contributed by atoms with Gasteiger partial charge in [-0.2, -0.15) is 5.10 Å². The van der Waals surface area contributed by atoms with E-state index < -0.39 is 6.10 Å². The number of carbonyl (C=O) groups excluding carboxylic acids is 2. The Kier molecular flexibility index (Phi) is 5.41. The first-order valence-electron chi connectivity index (χ1n) is 8.81. The molecule has 26 heavy (non-hydrogen) atoms. The van der Waals surface area contributed by atoms with Gasteiger partial charge in [-0.1, -0.05) is 18.2 Å². The number of para-hydroxylation sites is 1. The summed E-state index contributed by atoms with van der Waals surface area (Å²) in [6, 6.07) is 7.77. The lowest BCUT2D eigenvalue weighted by Gasteiger charge is -2.33. The van der Waals surface area contributed by atoms with E-state index in [2.05, 4.69) is 10.4 Å². The minimum absolute atomic E-state index is 0.129. The van der Waals surface area contributed by atoms with Crippen LogP contribution in [0.15, 0.2) is 24.3 Å². The standard InChI is InChI=1S/C18H25N5O3/c1-4-23-15-8-6-5-7-13(15)14(20-23)11-19-18(25)22-9-10-26-16(12-22)17(24)21(2)3/h5-8,16H,4,9-12H2,1-3H3,(H,19,25)/t16-/m0/s1. The molecular formula is C18H25N5O3. The second kappa shape index (κ2) is 7.74. The number of rotatable bonds is 4. The van der Waals surface area contributed by atoms with Crippen LogP contribution in [0.1, 0.15) is 12.6 Å². The third-order valence-electron chi connectivity index (χ3n) is 4.51. The van der Waals surface area contributed by atoms with E-state index in [0.717, 1.165) is 23.1 Å². The minimum Gasteiger partial charge on any atom is -0.365 e. The van der Waals surface area contributed by atoms with E-state index in [4.69, 9.17) is 4.74 Å². The zero-order valence-corrected chi connectivity index (χ0v) is 15.4. The van der Waals surface area contributed by atoms with Crippen molar-refractivity contribution in [1.82, 2.24) is 24.9 Å². The lowest BCUT2D eigenvalue weighted by Crippen LogP contribution is -2.53. The topological polar surface area (TPSA) is 79.7 Å². The summed E-state index contributed by atoms with van der Waals surface area (Å²) in [6.07, 6.45) is -0.607. The molecule has 2 aromatic rings. The van der Waals surface area contributed by atoms with Crippen LogP contribution in [0.5, 0.6) is 0 Å². The highest BCUT2D eigenvalue weighted by atomic mass is 16.5. The lowest BCUT2D eigenvalue weighted by molar-refractivity contribution is -0.145. The number of morpholine rings is 1. The SMILES string of the molecule is CCn1nc(CNC(=O)N2CCO[C@H](C(=O)N(C)C)C2)c2ccccc21. The summed E-state index contributed by atoms with van der Waals surface area (Å²) in [7, 11) is 3.36. The van der Waals surface area contributed by atoms with Crippen LogP contribution in [0.3, 0.4) is 0 Å². The van der Waals surface area contributed by atoms with Crippen molar-refractivity contribution in [3.8, 4) is 0 Å². The average Bonchev–Trinajstić information content (AvgIpc) is 3.03. The zero-order valence-electron chi connectivity index (χ0n) is 15.4. The fraction of sp³-hybridized carbons (Fsp3) is 0.500. The van der Waals surface area contributed by atoms with E-state index in [1.165, 1.54) is 4.90 Å². The number of nitrogens with one attached hydrogen (secondary N) is 1. The Labute approximate surface area is 152 Å². The lowest BCUT2D eigenvalue weighted by atomic mass is 10.2. The van der Waals surface area contributed by atoms with Gasteiger partial charge >= 0.3 is 6.03 Å². The molecule has 1 saturated heterocycles. The number of likely N-dealkylation sites (N-methyl/N-ethyl adjacent to an activating group) is 1. The summed E-state index contributed by atoms with van der Waals surface area (Å²) in [5.41, 5.74) is 1.90. The number of fused-ring (bicyclic) bond motifs is 1. The molecule has 1 aromatic carbocycles. The third kappa shape index (κ3) is 3.65. The number of ether oxygens (including phenoxy) is 1. The van der Waals surface area contributed by atoms with Crippen LogP contribution in [-0.2, 0) is 22.6 Å². The van der Waals surface area contributed by atoms with E-state index in [-0.39, 0.29) is 18.5 Å². The maximum atomic E-state index is 12.5. The average molecular weight is 359 g/mol. The number of hydrogen-bond acceptors (Lipinski definition) is 4. The molecule has 8 nitrogen and oxygen atoms in total. The number of benzene rings is 1. The third-order valence-corrected chi connectivity index (χ3v) is 4.51. The predicted octanol–water partition coefficient (Wildman–Crippen LogP) is 1.05. The second-order valence-corrected chi connectivity index (χ2v) is 6.48. The number of urea groups is 1. The summed E-state index contributed by atoms with van der Waals surface area (Å²) in [6.45, 7) is 4.23. The van der Waals surface area contributed by atoms with Crippen LogP contribution in [-0.4, -0.2) is 71.4 Å². The fourth-order valence-electron chi connectivity index (χ4n) is 3.11. The predicted molar refractivity (Wildman–Crippen MR) is 97.6 cm³/mol. The Bertz CT molecular complexity index is 801. The van der Waals surface area contributed by atoms with E-state index in [0.29, 0.717) is 19.7 Å². The van der Waals surface area contributed by atoms with Gasteiger partial charge in [-0.3, -0.25) is 9.48 Å². The molecule has 2 heterocycles. The van der Waals surface area contributed by atoms with Crippen molar-refractivity contribution in [2.45, 2.75) is 26.1 Å². The number of hydrogen-bond donors (Lipinski definition) is 1. The molecule has 3 amide bonds. The van der Waals surface area contributed by atoms with E-state index in [9.17, 15) is 9.59 Å². The van der Waals surface area contributed by atoms with Crippen molar-refractivity contribution in [3.05, 3.63) is 30.0 Å². The largest absolute Gasteiger partial charge is 0.365 e. The Morgan fingerprint density at radius 3 is 2.85 bits per heavy atom. The number of nitrogens with zero attached hydrogens (tertiary/aromatic N) is 4. The Morgan fingerprint density at radius 2 is 2.12 bits per heavy atom. The van der Waals surface area contributed by atoms with Gasteiger partial charge in [0.05, 0.1) is 30.9 Å². The van der Waals surface area contributed by atoms with Crippen LogP contribution in [0.2, 0.25) is 0 Å². The molecule has 0 aliphatic carbocycles. The molecule has 8 heteroatoms. The first kappa shape index (κ1) is 18.2. The highest BCUT2D eigenvalue weighted by molar-refractivity contribution is 5.84. The molecule has 0 unspecified atom stereocenters. The van der Waals surface area contributed by atoms with Crippen LogP contribution >= 0.6 is 0 Å². The van der Waals surface area contributed by atoms with Crippen molar-refractivity contribution < 1.29 is 14.3 Å². The number of carbonyl (C=O) groups is 2. The van der Waals surface area contributed by atoms with Gasteiger partial charge in [-0.15, -0.1) is 0 Å². The molecule has 0 saturated carbocycles. The maximum absolute atomic E-state index is 12.5. The van der Waals surface area contributed by atoms with Gasteiger partial charge < -0.3 is 19.9 Å². The van der Waals surface area contributed by atoms with E-state index in [1.54, 1.807) is 19.0 Å². The molecule has 1 fully saturated rings. The van der Waals surface area contributed by atoms with Gasteiger partial charge in [0.2, 0.25) is 0 Å². The molecule has 1 atom stereocenters. The second-order valence-electron chi connectivity index (χ2n) is 6.48. The normalized spacial score (nSPS) is 17.3. The summed E-state index contributed by atoms with van der Waals surface area (Å²) in [5, 5.41) is 8.55. The highest BCUT2D eigenvalue weighted by Crippen LogP contribution is 2.18. The van der Waals surface area contributed by atoms with Crippen LogP contribution in [0.4, 0.5) is 4.79 Å². The van der Waals surface area contributed by atoms with Crippen molar-refractivity contribution in [1.29, 1.82) is 0 Å². The van der Waals surface area contributed by atoms with Gasteiger partial charge in [0.25, 0.3) is 5.91 Å². The first-order valence-corrected chi connectivity index (χ1v) is 8.81. The summed E-state index contributed by atoms with van der Waals surface area (Å²) in [5.74, 6) is -0.129. The molecule has 1 aromatic heterocycles. The molecule has 140 valence electrons. The van der Waals surface area contributed by atoms with Crippen LogP contribution in [0.25, 0.3) is 10.9 Å². The Morgan fingerprint density at radius 1 is 1.35 bits per heavy atom. The highest BCUT2D eigenvalue weighted by Gasteiger charge is 2.30. The summed E-state index contributed by atoms with van der Waals surface area (Å²) in [4.78, 5) is 27.7. The van der Waals surface area contributed by atoms with Crippen molar-refractivity contribution in [2.75, 3.05) is 33.8 Å².